The fourth-order valence-electron chi connectivity index (χ4n) is 1.94. The van der Waals surface area contributed by atoms with Crippen molar-refractivity contribution < 1.29 is 14.7 Å². The van der Waals surface area contributed by atoms with Crippen molar-refractivity contribution in [1.29, 1.82) is 0 Å². The number of nitrogens with one attached hydrogen (secondary N) is 3. The minimum Gasteiger partial charge on any atom is -0.493 e. The normalized spacial score (nSPS) is 11.1. The van der Waals surface area contributed by atoms with Crippen LogP contribution in [0.1, 0.15) is 29.3 Å². The maximum absolute atomic E-state index is 12.2. The van der Waals surface area contributed by atoms with Gasteiger partial charge in [0.2, 0.25) is 11.8 Å². The summed E-state index contributed by atoms with van der Waals surface area (Å²) >= 11 is 1.29. The first kappa shape index (κ1) is 17.7. The van der Waals surface area contributed by atoms with Crippen LogP contribution in [0.15, 0.2) is 28.4 Å². The lowest BCUT2D eigenvalue weighted by atomic mass is 10.0. The Balaban J connectivity index is 1.88. The molecule has 2 aromatic rings. The van der Waals surface area contributed by atoms with Crippen LogP contribution >= 0.6 is 11.3 Å². The van der Waals surface area contributed by atoms with Crippen LogP contribution in [-0.2, 0) is 11.2 Å². The summed E-state index contributed by atoms with van der Waals surface area (Å²) in [5, 5.41) is 16.4. The molecule has 2 heterocycles. The molecule has 0 aromatic carbocycles. The predicted octanol–water partition coefficient (Wildman–Crippen LogP) is 0.404. The van der Waals surface area contributed by atoms with Gasteiger partial charge in [-0.25, -0.2) is 4.98 Å². The minimum atomic E-state index is -1.10. The fraction of sp³-hybridized carbons (Fsp3) is 0.333. The fourth-order valence-corrected chi connectivity index (χ4v) is 2.56. The second kappa shape index (κ2) is 7.26. The molecule has 128 valence electrons. The summed E-state index contributed by atoms with van der Waals surface area (Å²) in [7, 11) is 0. The average molecular weight is 350 g/mol. The summed E-state index contributed by atoms with van der Waals surface area (Å²) in [5.41, 5.74) is -1.56. The largest absolute Gasteiger partial charge is 0.493 e. The quantitative estimate of drug-likeness (QED) is 0.600. The van der Waals surface area contributed by atoms with Crippen molar-refractivity contribution in [3.8, 4) is 5.88 Å². The van der Waals surface area contributed by atoms with Crippen molar-refractivity contribution >= 4 is 23.2 Å². The van der Waals surface area contributed by atoms with Gasteiger partial charge in [-0.2, -0.15) is 0 Å². The van der Waals surface area contributed by atoms with Crippen LogP contribution in [0.4, 0.5) is 0 Å². The van der Waals surface area contributed by atoms with Crippen LogP contribution in [0.3, 0.4) is 0 Å². The Hall–Kier alpha value is -2.68. The van der Waals surface area contributed by atoms with Crippen LogP contribution in [0, 0.1) is 0 Å². The molecule has 2 rings (SSSR count). The number of aromatic nitrogens is 2. The lowest BCUT2D eigenvalue weighted by Gasteiger charge is -2.24. The molecule has 8 nitrogen and oxygen atoms in total. The SMILES string of the molecule is CC(C)(NC(=O)c1cccs1)C(=O)NCCc1nc(O)cc(=O)[nH]1. The molecule has 0 saturated heterocycles. The summed E-state index contributed by atoms with van der Waals surface area (Å²) < 4.78 is 0. The maximum atomic E-state index is 12.2. The van der Waals surface area contributed by atoms with Crippen molar-refractivity contribution in [2.24, 2.45) is 0 Å². The zero-order valence-corrected chi connectivity index (χ0v) is 14.1. The second-order valence-electron chi connectivity index (χ2n) is 5.61. The van der Waals surface area contributed by atoms with Gasteiger partial charge < -0.3 is 20.7 Å². The highest BCUT2D eigenvalue weighted by Crippen LogP contribution is 2.11. The Morgan fingerprint density at radius 2 is 2.17 bits per heavy atom. The van der Waals surface area contributed by atoms with E-state index in [0.29, 0.717) is 4.88 Å². The molecule has 2 amide bonds. The Bertz CT molecular complexity index is 783. The molecule has 24 heavy (non-hydrogen) atoms. The number of H-pyrrole nitrogens is 1. The van der Waals surface area contributed by atoms with Crippen LogP contribution < -0.4 is 16.2 Å². The van der Waals surface area contributed by atoms with Gasteiger partial charge in [0.05, 0.1) is 10.9 Å². The predicted molar refractivity (Wildman–Crippen MR) is 89.1 cm³/mol. The smallest absolute Gasteiger partial charge is 0.262 e. The average Bonchev–Trinajstić information content (AvgIpc) is 2.99. The molecular weight excluding hydrogens is 332 g/mol. The first-order chi connectivity index (χ1) is 11.3. The first-order valence-corrected chi connectivity index (χ1v) is 8.09. The highest BCUT2D eigenvalue weighted by Gasteiger charge is 2.29. The molecule has 9 heteroatoms. The molecular formula is C15H18N4O4S. The molecule has 0 fully saturated rings. The molecule has 0 saturated carbocycles. The van der Waals surface area contributed by atoms with Crippen molar-refractivity contribution in [3.05, 3.63) is 44.6 Å². The van der Waals surface area contributed by atoms with Gasteiger partial charge in [0.15, 0.2) is 0 Å². The van der Waals surface area contributed by atoms with E-state index in [0.717, 1.165) is 6.07 Å². The highest BCUT2D eigenvalue weighted by atomic mass is 32.1. The number of rotatable bonds is 6. The van der Waals surface area contributed by atoms with E-state index < -0.39 is 11.1 Å². The lowest BCUT2D eigenvalue weighted by Crippen LogP contribution is -2.54. The van der Waals surface area contributed by atoms with E-state index in [2.05, 4.69) is 20.6 Å². The van der Waals surface area contributed by atoms with Gasteiger partial charge in [-0.3, -0.25) is 14.4 Å². The number of aromatic amines is 1. The summed E-state index contributed by atoms with van der Waals surface area (Å²) in [6, 6.07) is 4.40. The summed E-state index contributed by atoms with van der Waals surface area (Å²) in [6.07, 6.45) is 0.240. The minimum absolute atomic E-state index is 0.198. The van der Waals surface area contributed by atoms with E-state index in [1.165, 1.54) is 11.3 Å². The van der Waals surface area contributed by atoms with Gasteiger partial charge in [0.25, 0.3) is 11.5 Å². The standard InChI is InChI=1S/C15H18N4O4S/c1-15(2,19-13(22)9-4-3-7-24-9)14(23)16-6-5-10-17-11(20)8-12(21)18-10/h3-4,7-8H,5-6H2,1-2H3,(H,16,23)(H,19,22)(H2,17,18,20,21). The number of nitrogens with zero attached hydrogens (tertiary/aromatic N) is 1. The Morgan fingerprint density at radius 1 is 1.42 bits per heavy atom. The third-order valence-electron chi connectivity index (χ3n) is 3.16. The summed E-state index contributed by atoms with van der Waals surface area (Å²) in [4.78, 5) is 42.2. The van der Waals surface area contributed by atoms with Crippen molar-refractivity contribution in [2.45, 2.75) is 25.8 Å². The van der Waals surface area contributed by atoms with Gasteiger partial charge in [0.1, 0.15) is 11.4 Å². The second-order valence-corrected chi connectivity index (χ2v) is 6.56. The highest BCUT2D eigenvalue weighted by molar-refractivity contribution is 7.12. The zero-order chi connectivity index (χ0) is 17.7. The molecule has 0 aliphatic rings. The zero-order valence-electron chi connectivity index (χ0n) is 13.3. The molecule has 0 aliphatic carbocycles. The topological polar surface area (TPSA) is 124 Å². The number of carbonyl (C=O) groups is 2. The molecule has 2 aromatic heterocycles. The number of hydrogen-bond donors (Lipinski definition) is 4. The Labute approximate surface area is 142 Å². The number of aromatic hydroxyl groups is 1. The monoisotopic (exact) mass is 350 g/mol. The van der Waals surface area contributed by atoms with Crippen LogP contribution in [0.5, 0.6) is 5.88 Å². The van der Waals surface area contributed by atoms with E-state index in [1.807, 2.05) is 0 Å². The third kappa shape index (κ3) is 4.66. The molecule has 0 spiro atoms. The lowest BCUT2D eigenvalue weighted by molar-refractivity contribution is -0.126. The van der Waals surface area contributed by atoms with E-state index in [9.17, 15) is 19.5 Å². The molecule has 0 radical (unpaired) electrons. The van der Waals surface area contributed by atoms with Gasteiger partial charge in [-0.05, 0) is 25.3 Å². The van der Waals surface area contributed by atoms with Crippen LogP contribution in [0.2, 0.25) is 0 Å². The van der Waals surface area contributed by atoms with Gasteiger partial charge in [-0.1, -0.05) is 6.07 Å². The number of thiophene rings is 1. The Kier molecular flexibility index (Phi) is 5.35. The number of carbonyl (C=O) groups excluding carboxylic acids is 2. The summed E-state index contributed by atoms with van der Waals surface area (Å²) in [6.45, 7) is 3.40. The third-order valence-corrected chi connectivity index (χ3v) is 4.03. The van der Waals surface area contributed by atoms with Gasteiger partial charge >= 0.3 is 0 Å². The number of hydrogen-bond acceptors (Lipinski definition) is 6. The maximum Gasteiger partial charge on any atom is 0.262 e. The molecule has 4 N–H and O–H groups in total. The van der Waals surface area contributed by atoms with Gasteiger partial charge in [0, 0.05) is 13.0 Å². The summed E-state index contributed by atoms with van der Waals surface area (Å²) in [5.74, 6) is -0.789. The van der Waals surface area contributed by atoms with Gasteiger partial charge in [-0.15, -0.1) is 11.3 Å². The van der Waals surface area contributed by atoms with Crippen molar-refractivity contribution in [3.63, 3.8) is 0 Å². The molecule has 0 bridgehead atoms. The molecule has 0 aliphatic heterocycles. The van der Waals surface area contributed by atoms with E-state index >= 15 is 0 Å². The van der Waals surface area contributed by atoms with E-state index in [-0.39, 0.29) is 36.5 Å². The van der Waals surface area contributed by atoms with Crippen LogP contribution in [-0.4, -0.2) is 39.0 Å². The Morgan fingerprint density at radius 3 is 2.79 bits per heavy atom. The van der Waals surface area contributed by atoms with Crippen molar-refractivity contribution in [2.75, 3.05) is 6.54 Å². The molecule has 0 unspecified atom stereocenters. The van der Waals surface area contributed by atoms with Crippen LogP contribution in [0.25, 0.3) is 0 Å². The van der Waals surface area contributed by atoms with E-state index in [1.54, 1.807) is 31.4 Å². The first-order valence-electron chi connectivity index (χ1n) is 7.21. The molecule has 0 atom stereocenters. The van der Waals surface area contributed by atoms with Crippen molar-refractivity contribution in [1.82, 2.24) is 20.6 Å². The van der Waals surface area contributed by atoms with E-state index in [4.69, 9.17) is 0 Å². The number of amides is 2.